The van der Waals surface area contributed by atoms with Gasteiger partial charge in [0.1, 0.15) is 0 Å². The van der Waals surface area contributed by atoms with Crippen molar-refractivity contribution in [1.82, 2.24) is 5.32 Å². The van der Waals surface area contributed by atoms with Gasteiger partial charge in [-0.15, -0.1) is 12.3 Å². The predicted molar refractivity (Wildman–Crippen MR) is 66.4 cm³/mol. The zero-order chi connectivity index (χ0) is 12.0. The Morgan fingerprint density at radius 2 is 2.38 bits per heavy atom. The van der Waals surface area contributed by atoms with Crippen LogP contribution in [0.5, 0.6) is 0 Å². The zero-order valence-corrected chi connectivity index (χ0v) is 9.92. The highest BCUT2D eigenvalue weighted by atomic mass is 35.5. The Kier molecular flexibility index (Phi) is 4.88. The third-order valence-corrected chi connectivity index (χ3v) is 2.51. The number of carbonyl (C=O) groups excluding carboxylic acids is 1. The van der Waals surface area contributed by atoms with Gasteiger partial charge in [0.25, 0.3) is 5.91 Å². The summed E-state index contributed by atoms with van der Waals surface area (Å²) in [6.45, 7) is 1.99. The molecule has 1 N–H and O–H groups in total. The molecule has 0 fully saturated rings. The van der Waals surface area contributed by atoms with Gasteiger partial charge in [0, 0.05) is 23.0 Å². The molecular weight excluding hydrogens is 222 g/mol. The number of terminal acetylenes is 1. The van der Waals surface area contributed by atoms with Gasteiger partial charge in [0.2, 0.25) is 0 Å². The third-order valence-electron chi connectivity index (χ3n) is 2.28. The molecule has 0 aliphatic carbocycles. The van der Waals surface area contributed by atoms with Crippen LogP contribution in [0.25, 0.3) is 0 Å². The molecular formula is C13H14ClNO. The van der Waals surface area contributed by atoms with Crippen LogP contribution in [0, 0.1) is 12.3 Å². The van der Waals surface area contributed by atoms with Crippen molar-refractivity contribution in [2.24, 2.45) is 0 Å². The lowest BCUT2D eigenvalue weighted by atomic mass is 10.1. The molecule has 0 radical (unpaired) electrons. The van der Waals surface area contributed by atoms with Gasteiger partial charge in [-0.3, -0.25) is 4.79 Å². The fourth-order valence-electron chi connectivity index (χ4n) is 1.34. The van der Waals surface area contributed by atoms with E-state index in [1.165, 1.54) is 0 Å². The maximum absolute atomic E-state index is 11.8. The van der Waals surface area contributed by atoms with Crippen LogP contribution >= 0.6 is 11.6 Å². The normalized spacial score (nSPS) is 11.6. The van der Waals surface area contributed by atoms with E-state index in [1.807, 2.05) is 6.92 Å². The SMILES string of the molecule is C#CCC(CC)NC(=O)c1cccc(Cl)c1. The molecule has 0 bridgehead atoms. The summed E-state index contributed by atoms with van der Waals surface area (Å²) in [6.07, 6.45) is 6.58. The standard InChI is InChI=1S/C13H14ClNO/c1-3-6-12(4-2)15-13(16)10-7-5-8-11(14)9-10/h1,5,7-9,12H,4,6H2,2H3,(H,15,16). The van der Waals surface area contributed by atoms with Gasteiger partial charge in [0.15, 0.2) is 0 Å². The molecule has 0 saturated heterocycles. The number of nitrogens with one attached hydrogen (secondary N) is 1. The second-order valence-electron chi connectivity index (χ2n) is 3.50. The number of benzene rings is 1. The van der Waals surface area contributed by atoms with Crippen LogP contribution in [0.15, 0.2) is 24.3 Å². The van der Waals surface area contributed by atoms with E-state index in [-0.39, 0.29) is 11.9 Å². The van der Waals surface area contributed by atoms with E-state index < -0.39 is 0 Å². The predicted octanol–water partition coefficient (Wildman–Crippen LogP) is 2.87. The summed E-state index contributed by atoms with van der Waals surface area (Å²) in [5.74, 6) is 2.41. The second-order valence-corrected chi connectivity index (χ2v) is 3.93. The number of halogens is 1. The van der Waals surface area contributed by atoms with Gasteiger partial charge in [-0.25, -0.2) is 0 Å². The fraction of sp³-hybridized carbons (Fsp3) is 0.308. The van der Waals surface area contributed by atoms with Crippen molar-refractivity contribution in [3.63, 3.8) is 0 Å². The van der Waals surface area contributed by atoms with E-state index in [1.54, 1.807) is 24.3 Å². The molecule has 0 spiro atoms. The Hall–Kier alpha value is -1.46. The molecule has 0 aliphatic rings. The van der Waals surface area contributed by atoms with E-state index in [0.717, 1.165) is 6.42 Å². The molecule has 1 unspecified atom stereocenters. The quantitative estimate of drug-likeness (QED) is 0.799. The monoisotopic (exact) mass is 235 g/mol. The van der Waals surface area contributed by atoms with Crippen molar-refractivity contribution in [3.05, 3.63) is 34.9 Å². The van der Waals surface area contributed by atoms with Crippen LogP contribution in [0.1, 0.15) is 30.1 Å². The molecule has 0 aromatic heterocycles. The Morgan fingerprint density at radius 1 is 1.62 bits per heavy atom. The van der Waals surface area contributed by atoms with Crippen molar-refractivity contribution < 1.29 is 4.79 Å². The molecule has 16 heavy (non-hydrogen) atoms. The van der Waals surface area contributed by atoms with E-state index in [9.17, 15) is 4.79 Å². The summed E-state index contributed by atoms with van der Waals surface area (Å²) in [5.41, 5.74) is 0.558. The van der Waals surface area contributed by atoms with Crippen molar-refractivity contribution in [1.29, 1.82) is 0 Å². The molecule has 1 rings (SSSR count). The number of rotatable bonds is 4. The molecule has 1 aromatic carbocycles. The molecule has 0 saturated carbocycles. The average Bonchev–Trinajstić information content (AvgIpc) is 2.28. The first-order valence-electron chi connectivity index (χ1n) is 5.17. The Balaban J connectivity index is 2.68. The summed E-state index contributed by atoms with van der Waals surface area (Å²) < 4.78 is 0. The summed E-state index contributed by atoms with van der Waals surface area (Å²) in [7, 11) is 0. The minimum atomic E-state index is -0.135. The van der Waals surface area contributed by atoms with Gasteiger partial charge in [-0.1, -0.05) is 24.6 Å². The van der Waals surface area contributed by atoms with Crippen LogP contribution in [0.3, 0.4) is 0 Å². The highest BCUT2D eigenvalue weighted by Gasteiger charge is 2.11. The van der Waals surface area contributed by atoms with Crippen molar-refractivity contribution in [2.45, 2.75) is 25.8 Å². The molecule has 0 aliphatic heterocycles. The fourth-order valence-corrected chi connectivity index (χ4v) is 1.53. The minimum absolute atomic E-state index is 0.0245. The Bertz CT molecular complexity index is 409. The zero-order valence-electron chi connectivity index (χ0n) is 9.16. The first-order chi connectivity index (χ1) is 7.67. The first kappa shape index (κ1) is 12.6. The summed E-state index contributed by atoms with van der Waals surface area (Å²) in [4.78, 5) is 11.8. The van der Waals surface area contributed by atoms with Crippen molar-refractivity contribution in [2.75, 3.05) is 0 Å². The van der Waals surface area contributed by atoms with E-state index in [2.05, 4.69) is 11.2 Å². The maximum Gasteiger partial charge on any atom is 0.251 e. The van der Waals surface area contributed by atoms with Gasteiger partial charge in [-0.05, 0) is 24.6 Å². The summed E-state index contributed by atoms with van der Waals surface area (Å²) >= 11 is 5.81. The van der Waals surface area contributed by atoms with E-state index >= 15 is 0 Å². The Labute approximate surface area is 101 Å². The second kappa shape index (κ2) is 6.19. The number of hydrogen-bond acceptors (Lipinski definition) is 1. The van der Waals surface area contributed by atoms with Gasteiger partial charge in [-0.2, -0.15) is 0 Å². The molecule has 0 heterocycles. The summed E-state index contributed by atoms with van der Waals surface area (Å²) in [6, 6.07) is 6.87. The molecule has 1 aromatic rings. The highest BCUT2D eigenvalue weighted by Crippen LogP contribution is 2.11. The maximum atomic E-state index is 11.8. The first-order valence-corrected chi connectivity index (χ1v) is 5.55. The van der Waals surface area contributed by atoms with Crippen molar-refractivity contribution >= 4 is 17.5 Å². The number of carbonyl (C=O) groups is 1. The summed E-state index contributed by atoms with van der Waals surface area (Å²) in [5, 5.41) is 3.42. The largest absolute Gasteiger partial charge is 0.348 e. The lowest BCUT2D eigenvalue weighted by molar-refractivity contribution is 0.0936. The molecule has 1 atom stereocenters. The molecule has 3 heteroatoms. The van der Waals surface area contributed by atoms with Crippen LogP contribution in [-0.2, 0) is 0 Å². The van der Waals surface area contributed by atoms with Crippen molar-refractivity contribution in [3.8, 4) is 12.3 Å². The van der Waals surface area contributed by atoms with Crippen LogP contribution < -0.4 is 5.32 Å². The van der Waals surface area contributed by atoms with Gasteiger partial charge >= 0.3 is 0 Å². The average molecular weight is 236 g/mol. The third kappa shape index (κ3) is 3.60. The lowest BCUT2D eigenvalue weighted by Crippen LogP contribution is -2.34. The van der Waals surface area contributed by atoms with Crippen LogP contribution in [0.2, 0.25) is 5.02 Å². The van der Waals surface area contributed by atoms with Crippen LogP contribution in [-0.4, -0.2) is 11.9 Å². The van der Waals surface area contributed by atoms with Gasteiger partial charge in [0.05, 0.1) is 0 Å². The molecule has 1 amide bonds. The molecule has 84 valence electrons. The smallest absolute Gasteiger partial charge is 0.251 e. The molecule has 2 nitrogen and oxygen atoms in total. The minimum Gasteiger partial charge on any atom is -0.348 e. The number of hydrogen-bond donors (Lipinski definition) is 1. The Morgan fingerprint density at radius 3 is 2.94 bits per heavy atom. The lowest BCUT2D eigenvalue weighted by Gasteiger charge is -2.14. The number of amides is 1. The topological polar surface area (TPSA) is 29.1 Å². The van der Waals surface area contributed by atoms with Gasteiger partial charge < -0.3 is 5.32 Å². The highest BCUT2D eigenvalue weighted by molar-refractivity contribution is 6.30. The van der Waals surface area contributed by atoms with E-state index in [0.29, 0.717) is 17.0 Å². The van der Waals surface area contributed by atoms with E-state index in [4.69, 9.17) is 18.0 Å². The van der Waals surface area contributed by atoms with Crippen LogP contribution in [0.4, 0.5) is 0 Å².